The third-order valence-electron chi connectivity index (χ3n) is 7.65. The lowest BCUT2D eigenvalue weighted by atomic mass is 10.0. The van der Waals surface area contributed by atoms with Crippen molar-refractivity contribution in [1.82, 2.24) is 25.1 Å². The van der Waals surface area contributed by atoms with E-state index in [1.54, 1.807) is 41.0 Å². The first kappa shape index (κ1) is 29.8. The van der Waals surface area contributed by atoms with E-state index in [2.05, 4.69) is 15.3 Å². The molecule has 2 N–H and O–H groups in total. The van der Waals surface area contributed by atoms with E-state index in [1.165, 1.54) is 6.07 Å². The van der Waals surface area contributed by atoms with Crippen molar-refractivity contribution in [2.75, 3.05) is 32.8 Å². The molecular formula is C32H37N5O6. The summed E-state index contributed by atoms with van der Waals surface area (Å²) < 4.78 is 11.2. The van der Waals surface area contributed by atoms with Gasteiger partial charge in [-0.2, -0.15) is 4.98 Å². The largest absolute Gasteiger partial charge is 0.508 e. The molecule has 43 heavy (non-hydrogen) atoms. The number of hydrogen-bond donors (Lipinski definition) is 2. The number of nitrogens with one attached hydrogen (secondary N) is 1. The summed E-state index contributed by atoms with van der Waals surface area (Å²) in [6, 6.07) is 16.5. The zero-order valence-corrected chi connectivity index (χ0v) is 24.3. The Hall–Kier alpha value is -4.67. The van der Waals surface area contributed by atoms with Gasteiger partial charge in [-0.1, -0.05) is 42.5 Å². The molecule has 1 aromatic heterocycles. The van der Waals surface area contributed by atoms with Crippen molar-refractivity contribution in [3.63, 3.8) is 0 Å². The lowest BCUT2D eigenvalue weighted by Crippen LogP contribution is -2.56. The number of aromatic nitrogens is 2. The highest BCUT2D eigenvalue weighted by Gasteiger charge is 2.31. The molecule has 0 bridgehead atoms. The van der Waals surface area contributed by atoms with E-state index in [0.29, 0.717) is 37.9 Å². The fourth-order valence-electron chi connectivity index (χ4n) is 5.34. The van der Waals surface area contributed by atoms with Crippen molar-refractivity contribution in [2.45, 2.75) is 51.2 Å². The third-order valence-corrected chi connectivity index (χ3v) is 7.65. The molecule has 11 nitrogen and oxygen atoms in total. The number of benzene rings is 2. The summed E-state index contributed by atoms with van der Waals surface area (Å²) in [4.78, 5) is 52.0. The standard InChI is InChI=1S/C32H37N5O6/c1-2-42-32(41)37-18-16-36(17-19-37)31(40)27(20-22-12-14-24(38)15-13-22)34-30(39)26-21-28(43-25-10-6-7-11-25)35-29(33-26)23-8-4-3-5-9-23/h3-5,8-9,12-15,21,25,27,38H,2,6-7,10-11,16-20H2,1H3,(H,34,39). The summed E-state index contributed by atoms with van der Waals surface area (Å²) in [6.45, 7) is 3.31. The second-order valence-corrected chi connectivity index (χ2v) is 10.7. The van der Waals surface area contributed by atoms with E-state index in [9.17, 15) is 19.5 Å². The summed E-state index contributed by atoms with van der Waals surface area (Å²) in [5, 5.41) is 12.6. The average Bonchev–Trinajstić information content (AvgIpc) is 3.55. The Morgan fingerprint density at radius 1 is 0.953 bits per heavy atom. The molecule has 1 unspecified atom stereocenters. The van der Waals surface area contributed by atoms with Crippen molar-refractivity contribution in [3.8, 4) is 23.0 Å². The predicted molar refractivity (Wildman–Crippen MR) is 159 cm³/mol. The van der Waals surface area contributed by atoms with Gasteiger partial charge in [0.1, 0.15) is 23.6 Å². The van der Waals surface area contributed by atoms with Crippen molar-refractivity contribution in [1.29, 1.82) is 0 Å². The number of carbonyl (C=O) groups excluding carboxylic acids is 3. The number of piperazine rings is 1. The first-order valence-corrected chi connectivity index (χ1v) is 14.8. The number of carbonyl (C=O) groups is 3. The highest BCUT2D eigenvalue weighted by Crippen LogP contribution is 2.25. The molecule has 3 amide bonds. The van der Waals surface area contributed by atoms with Gasteiger partial charge in [0.2, 0.25) is 11.8 Å². The van der Waals surface area contributed by atoms with Crippen LogP contribution in [0.3, 0.4) is 0 Å². The molecule has 11 heteroatoms. The number of phenolic OH excluding ortho intramolecular Hbond substituents is 1. The zero-order valence-electron chi connectivity index (χ0n) is 24.3. The summed E-state index contributed by atoms with van der Waals surface area (Å²) in [5.41, 5.74) is 1.60. The van der Waals surface area contributed by atoms with E-state index in [-0.39, 0.29) is 36.5 Å². The summed E-state index contributed by atoms with van der Waals surface area (Å²) in [7, 11) is 0. The third kappa shape index (κ3) is 7.79. The fraction of sp³-hybridized carbons (Fsp3) is 0.406. The van der Waals surface area contributed by atoms with Crippen LogP contribution in [0.15, 0.2) is 60.7 Å². The maximum absolute atomic E-state index is 13.8. The van der Waals surface area contributed by atoms with Gasteiger partial charge in [0.05, 0.1) is 6.61 Å². The van der Waals surface area contributed by atoms with Crippen LogP contribution in [0.4, 0.5) is 4.79 Å². The van der Waals surface area contributed by atoms with Gasteiger partial charge < -0.3 is 29.7 Å². The van der Waals surface area contributed by atoms with Crippen molar-refractivity contribution in [3.05, 3.63) is 71.9 Å². The molecule has 5 rings (SSSR count). The Kier molecular flexibility index (Phi) is 9.70. The topological polar surface area (TPSA) is 134 Å². The molecule has 1 saturated heterocycles. The average molecular weight is 588 g/mol. The molecule has 1 saturated carbocycles. The van der Waals surface area contributed by atoms with Crippen molar-refractivity contribution < 1.29 is 29.0 Å². The first-order chi connectivity index (χ1) is 20.9. The normalized spacial score (nSPS) is 16.0. The van der Waals surface area contributed by atoms with Crippen LogP contribution >= 0.6 is 0 Å². The number of hydrogen-bond acceptors (Lipinski definition) is 8. The molecule has 3 aromatic rings. The maximum Gasteiger partial charge on any atom is 0.409 e. The lowest BCUT2D eigenvalue weighted by Gasteiger charge is -2.36. The summed E-state index contributed by atoms with van der Waals surface area (Å²) in [6.07, 6.45) is 3.86. The highest BCUT2D eigenvalue weighted by molar-refractivity contribution is 5.96. The van der Waals surface area contributed by atoms with Crippen LogP contribution in [-0.4, -0.2) is 87.7 Å². The van der Waals surface area contributed by atoms with Crippen molar-refractivity contribution >= 4 is 17.9 Å². The monoisotopic (exact) mass is 587 g/mol. The Morgan fingerprint density at radius 3 is 2.30 bits per heavy atom. The number of amides is 3. The van der Waals surface area contributed by atoms with Gasteiger partial charge in [0, 0.05) is 44.2 Å². The highest BCUT2D eigenvalue weighted by atomic mass is 16.6. The second kappa shape index (κ2) is 14.0. The fourth-order valence-corrected chi connectivity index (χ4v) is 5.34. The van der Waals surface area contributed by atoms with Crippen LogP contribution in [0.5, 0.6) is 11.6 Å². The zero-order chi connectivity index (χ0) is 30.2. The quantitative estimate of drug-likeness (QED) is 0.386. The van der Waals surface area contributed by atoms with Crippen LogP contribution in [0.1, 0.15) is 48.7 Å². The smallest absolute Gasteiger partial charge is 0.409 e. The Labute approximate surface area is 250 Å². The van der Waals surface area contributed by atoms with Crippen molar-refractivity contribution in [2.24, 2.45) is 0 Å². The van der Waals surface area contributed by atoms with E-state index in [0.717, 1.165) is 36.8 Å². The summed E-state index contributed by atoms with van der Waals surface area (Å²) in [5.74, 6) is -0.0158. The van der Waals surface area contributed by atoms with E-state index < -0.39 is 18.0 Å². The maximum atomic E-state index is 13.8. The molecule has 2 aliphatic rings. The van der Waals surface area contributed by atoms with Gasteiger partial charge in [0.25, 0.3) is 5.91 Å². The summed E-state index contributed by atoms with van der Waals surface area (Å²) >= 11 is 0. The van der Waals surface area contributed by atoms with Crippen LogP contribution < -0.4 is 10.1 Å². The molecule has 2 aromatic carbocycles. The van der Waals surface area contributed by atoms with E-state index >= 15 is 0 Å². The molecular weight excluding hydrogens is 550 g/mol. The van der Waals surface area contributed by atoms with Gasteiger partial charge in [-0.05, 0) is 50.3 Å². The Morgan fingerprint density at radius 2 is 1.63 bits per heavy atom. The molecule has 1 aliphatic heterocycles. The molecule has 1 aliphatic carbocycles. The molecule has 2 fully saturated rings. The van der Waals surface area contributed by atoms with E-state index in [4.69, 9.17) is 9.47 Å². The first-order valence-electron chi connectivity index (χ1n) is 14.8. The van der Waals surface area contributed by atoms with E-state index in [1.807, 2.05) is 30.3 Å². The molecule has 1 atom stereocenters. The molecule has 2 heterocycles. The van der Waals surface area contributed by atoms with Gasteiger partial charge in [-0.15, -0.1) is 0 Å². The Balaban J connectivity index is 1.38. The Bertz CT molecular complexity index is 1400. The predicted octanol–water partition coefficient (Wildman–Crippen LogP) is 3.81. The number of aromatic hydroxyl groups is 1. The molecule has 226 valence electrons. The van der Waals surface area contributed by atoms with Gasteiger partial charge in [-0.3, -0.25) is 9.59 Å². The molecule has 0 spiro atoms. The van der Waals surface area contributed by atoms with Gasteiger partial charge in [-0.25, -0.2) is 9.78 Å². The molecule has 0 radical (unpaired) electrons. The minimum absolute atomic E-state index is 0.0338. The lowest BCUT2D eigenvalue weighted by molar-refractivity contribution is -0.134. The minimum atomic E-state index is -0.916. The number of nitrogens with zero attached hydrogens (tertiary/aromatic N) is 4. The minimum Gasteiger partial charge on any atom is -0.508 e. The second-order valence-electron chi connectivity index (χ2n) is 10.7. The SMILES string of the molecule is CCOC(=O)N1CCN(C(=O)C(Cc2ccc(O)cc2)NC(=O)c2cc(OC3CCCC3)nc(-c3ccccc3)n2)CC1. The van der Waals surface area contributed by atoms with Gasteiger partial charge >= 0.3 is 6.09 Å². The van der Waals surface area contributed by atoms with Crippen LogP contribution in [-0.2, 0) is 16.0 Å². The van der Waals surface area contributed by atoms with Gasteiger partial charge in [0.15, 0.2) is 5.82 Å². The number of rotatable bonds is 9. The van der Waals surface area contributed by atoms with Crippen LogP contribution in [0.2, 0.25) is 0 Å². The number of ether oxygens (including phenoxy) is 2. The number of phenols is 1. The van der Waals surface area contributed by atoms with Crippen LogP contribution in [0.25, 0.3) is 11.4 Å². The van der Waals surface area contributed by atoms with Crippen LogP contribution in [0, 0.1) is 0 Å².